The molecular formula is C36H40N12. The molecule has 8 rings (SSSR count). The van der Waals surface area contributed by atoms with Crippen LogP contribution >= 0.6 is 0 Å². The van der Waals surface area contributed by atoms with Gasteiger partial charge in [0, 0.05) is 114 Å². The standard InChI is InChI=1S/2C18H20N6/c2*1-14(15-3-4-16-17(13-15)20-8-7-19-16)23-9-11-24(12-10-23)18-21-5-2-6-22-18/h2*2-8,13-14H,9-12H2,1H3/t2*14-/m10/s1. The fourth-order valence-electron chi connectivity index (χ4n) is 6.43. The monoisotopic (exact) mass is 640 g/mol. The summed E-state index contributed by atoms with van der Waals surface area (Å²) in [6.45, 7) is 12.3. The predicted octanol–water partition coefficient (Wildman–Crippen LogP) is 4.61. The van der Waals surface area contributed by atoms with Crippen LogP contribution in [0.2, 0.25) is 0 Å². The van der Waals surface area contributed by atoms with Crippen LogP contribution in [0.15, 0.2) is 98.1 Å². The maximum Gasteiger partial charge on any atom is 0.225 e. The summed E-state index contributed by atoms with van der Waals surface area (Å²) in [7, 11) is 0. The number of rotatable bonds is 6. The Balaban J connectivity index is 0.000000152. The first-order valence-electron chi connectivity index (χ1n) is 16.6. The van der Waals surface area contributed by atoms with Crippen LogP contribution in [-0.4, -0.2) is 102 Å². The minimum atomic E-state index is 0.357. The van der Waals surface area contributed by atoms with Gasteiger partial charge in [-0.25, -0.2) is 19.9 Å². The molecule has 2 aliphatic rings. The van der Waals surface area contributed by atoms with E-state index in [1.165, 1.54) is 11.1 Å². The fourth-order valence-corrected chi connectivity index (χ4v) is 6.43. The third kappa shape index (κ3) is 7.19. The van der Waals surface area contributed by atoms with Crippen molar-refractivity contribution < 1.29 is 0 Å². The van der Waals surface area contributed by atoms with Crippen LogP contribution in [0.4, 0.5) is 11.9 Å². The molecule has 6 aromatic rings. The first-order chi connectivity index (χ1) is 23.6. The van der Waals surface area contributed by atoms with Crippen LogP contribution in [0.5, 0.6) is 0 Å². The molecule has 2 fully saturated rings. The second-order valence-corrected chi connectivity index (χ2v) is 12.1. The third-order valence-corrected chi connectivity index (χ3v) is 9.35. The number of anilines is 2. The molecule has 4 aromatic heterocycles. The van der Waals surface area contributed by atoms with E-state index in [4.69, 9.17) is 0 Å². The summed E-state index contributed by atoms with van der Waals surface area (Å²) in [5.74, 6) is 1.65. The quantitative estimate of drug-likeness (QED) is 0.253. The molecule has 0 saturated carbocycles. The van der Waals surface area contributed by atoms with Gasteiger partial charge in [0.1, 0.15) is 0 Å². The highest BCUT2D eigenvalue weighted by molar-refractivity contribution is 5.75. The van der Waals surface area contributed by atoms with Crippen molar-refractivity contribution in [3.05, 3.63) is 109 Å². The topological polar surface area (TPSA) is 116 Å². The van der Waals surface area contributed by atoms with Crippen molar-refractivity contribution in [2.24, 2.45) is 0 Å². The van der Waals surface area contributed by atoms with E-state index < -0.39 is 0 Å². The number of aromatic nitrogens is 8. The highest BCUT2D eigenvalue weighted by Crippen LogP contribution is 2.26. The van der Waals surface area contributed by atoms with E-state index in [9.17, 15) is 0 Å². The van der Waals surface area contributed by atoms with Gasteiger partial charge in [0.15, 0.2) is 0 Å². The maximum absolute atomic E-state index is 4.42. The van der Waals surface area contributed by atoms with Gasteiger partial charge >= 0.3 is 0 Å². The molecule has 2 saturated heterocycles. The van der Waals surface area contributed by atoms with Gasteiger partial charge < -0.3 is 9.80 Å². The van der Waals surface area contributed by atoms with Gasteiger partial charge in [-0.1, -0.05) is 12.1 Å². The summed E-state index contributed by atoms with van der Waals surface area (Å²) in [5, 5.41) is 0. The first-order valence-corrected chi connectivity index (χ1v) is 16.6. The van der Waals surface area contributed by atoms with Gasteiger partial charge in [-0.2, -0.15) is 0 Å². The van der Waals surface area contributed by atoms with Gasteiger partial charge in [0.25, 0.3) is 0 Å². The van der Waals surface area contributed by atoms with Crippen LogP contribution in [0.25, 0.3) is 22.1 Å². The predicted molar refractivity (Wildman–Crippen MR) is 188 cm³/mol. The van der Waals surface area contributed by atoms with Crippen LogP contribution in [-0.2, 0) is 0 Å². The van der Waals surface area contributed by atoms with Crippen molar-refractivity contribution in [3.8, 4) is 0 Å². The lowest BCUT2D eigenvalue weighted by atomic mass is 10.1. The fraction of sp³-hybridized carbons (Fsp3) is 0.333. The first kappa shape index (κ1) is 31.4. The molecule has 0 spiro atoms. The van der Waals surface area contributed by atoms with E-state index in [2.05, 4.69) is 110 Å². The molecule has 2 aliphatic heterocycles. The van der Waals surface area contributed by atoms with Crippen molar-refractivity contribution >= 4 is 34.0 Å². The number of benzene rings is 2. The summed E-state index contributed by atoms with van der Waals surface area (Å²) >= 11 is 0. The molecule has 244 valence electrons. The molecule has 12 heteroatoms. The molecule has 12 nitrogen and oxygen atoms in total. The summed E-state index contributed by atoms with van der Waals surface area (Å²) in [5.41, 5.74) is 6.37. The smallest absolute Gasteiger partial charge is 0.225 e. The van der Waals surface area contributed by atoms with Crippen molar-refractivity contribution in [3.63, 3.8) is 0 Å². The Morgan fingerprint density at radius 1 is 0.417 bits per heavy atom. The Morgan fingerprint density at radius 3 is 1.15 bits per heavy atom. The normalized spacial score (nSPS) is 17.1. The van der Waals surface area contributed by atoms with Crippen LogP contribution < -0.4 is 9.80 Å². The molecule has 0 aliphatic carbocycles. The molecule has 2 atom stereocenters. The van der Waals surface area contributed by atoms with Gasteiger partial charge in [-0.15, -0.1) is 0 Å². The van der Waals surface area contributed by atoms with E-state index in [-0.39, 0.29) is 0 Å². The number of piperazine rings is 2. The van der Waals surface area contributed by atoms with Crippen molar-refractivity contribution in [1.29, 1.82) is 0 Å². The average Bonchev–Trinajstić information content (AvgIpc) is 3.18. The van der Waals surface area contributed by atoms with Crippen LogP contribution in [0.3, 0.4) is 0 Å². The summed E-state index contributed by atoms with van der Waals surface area (Å²) < 4.78 is 0. The van der Waals surface area contributed by atoms with E-state index >= 15 is 0 Å². The third-order valence-electron chi connectivity index (χ3n) is 9.35. The molecule has 0 amide bonds. The Labute approximate surface area is 280 Å². The zero-order chi connectivity index (χ0) is 32.7. The van der Waals surface area contributed by atoms with Gasteiger partial charge in [-0.05, 0) is 61.4 Å². The van der Waals surface area contributed by atoms with Gasteiger partial charge in [0.2, 0.25) is 11.9 Å². The van der Waals surface area contributed by atoms with Crippen LogP contribution in [0, 0.1) is 0 Å². The highest BCUT2D eigenvalue weighted by atomic mass is 15.3. The van der Waals surface area contributed by atoms with E-state index in [0.717, 1.165) is 86.3 Å². The number of fused-ring (bicyclic) bond motifs is 2. The Morgan fingerprint density at radius 2 is 0.771 bits per heavy atom. The second kappa shape index (κ2) is 14.7. The average molecular weight is 641 g/mol. The largest absolute Gasteiger partial charge is 0.338 e. The zero-order valence-corrected chi connectivity index (χ0v) is 27.4. The van der Waals surface area contributed by atoms with Crippen molar-refractivity contribution in [2.75, 3.05) is 62.2 Å². The Bertz CT molecular complexity index is 1770. The molecule has 6 heterocycles. The van der Waals surface area contributed by atoms with Gasteiger partial charge in [-0.3, -0.25) is 29.7 Å². The molecular weight excluding hydrogens is 600 g/mol. The highest BCUT2D eigenvalue weighted by Gasteiger charge is 2.25. The molecule has 48 heavy (non-hydrogen) atoms. The minimum absolute atomic E-state index is 0.357. The zero-order valence-electron chi connectivity index (χ0n) is 27.4. The lowest BCUT2D eigenvalue weighted by Gasteiger charge is -2.38. The Kier molecular flexibility index (Phi) is 9.62. The summed E-state index contributed by atoms with van der Waals surface area (Å²) in [6, 6.07) is 17.2. The lowest BCUT2D eigenvalue weighted by Crippen LogP contribution is -2.47. The van der Waals surface area contributed by atoms with Gasteiger partial charge in [0.05, 0.1) is 22.1 Å². The van der Waals surface area contributed by atoms with E-state index in [1.54, 1.807) is 49.6 Å². The number of hydrogen-bond acceptors (Lipinski definition) is 12. The van der Waals surface area contributed by atoms with E-state index in [1.807, 2.05) is 12.1 Å². The SMILES string of the molecule is C[C@@H](c1ccc2nccnc2c1)N1CCN(c2ncccn2)CC1.C[C@H](c1ccc2nccnc2c1)N1CCN(c2ncccn2)CC1. The minimum Gasteiger partial charge on any atom is -0.338 e. The summed E-state index contributed by atoms with van der Waals surface area (Å²) in [6.07, 6.45) is 14.2. The lowest BCUT2D eigenvalue weighted by molar-refractivity contribution is 0.198. The number of nitrogens with zero attached hydrogens (tertiary/aromatic N) is 12. The molecule has 0 bridgehead atoms. The Hall–Kier alpha value is -5.20. The molecule has 2 aromatic carbocycles. The van der Waals surface area contributed by atoms with Crippen LogP contribution in [0.1, 0.15) is 37.1 Å². The molecule has 0 N–H and O–H groups in total. The summed E-state index contributed by atoms with van der Waals surface area (Å²) in [4.78, 5) is 44.4. The molecule has 0 unspecified atom stereocenters. The second-order valence-electron chi connectivity index (χ2n) is 12.1. The van der Waals surface area contributed by atoms with Crippen molar-refractivity contribution in [1.82, 2.24) is 49.7 Å². The number of hydrogen-bond donors (Lipinski definition) is 0. The molecule has 0 radical (unpaired) electrons. The maximum atomic E-state index is 4.42. The van der Waals surface area contributed by atoms with E-state index in [0.29, 0.717) is 12.1 Å². The van der Waals surface area contributed by atoms with Crippen molar-refractivity contribution in [2.45, 2.75) is 25.9 Å².